The predicted molar refractivity (Wildman–Crippen MR) is 77.6 cm³/mol. The van der Waals surface area contributed by atoms with Crippen LogP contribution in [0.4, 0.5) is 0 Å². The van der Waals surface area contributed by atoms with Gasteiger partial charge in [-0.25, -0.2) is 0 Å². The van der Waals surface area contributed by atoms with Gasteiger partial charge in [0, 0.05) is 5.56 Å². The summed E-state index contributed by atoms with van der Waals surface area (Å²) in [5, 5.41) is 20.8. The van der Waals surface area contributed by atoms with E-state index in [9.17, 15) is 0 Å². The van der Waals surface area contributed by atoms with E-state index in [2.05, 4.69) is 25.1 Å². The van der Waals surface area contributed by atoms with Crippen LogP contribution in [0, 0.1) is 11.3 Å². The number of aryl methyl sites for hydroxylation is 2. The van der Waals surface area contributed by atoms with E-state index in [4.69, 9.17) is 10.5 Å². The number of hydrogen-bond acceptors (Lipinski definition) is 3. The Morgan fingerprint density at radius 2 is 1.79 bits per heavy atom. The van der Waals surface area contributed by atoms with Crippen LogP contribution >= 0.6 is 0 Å². The number of oxime groups is 1. The van der Waals surface area contributed by atoms with Crippen LogP contribution in [0.3, 0.4) is 0 Å². The quantitative estimate of drug-likeness (QED) is 0.455. The maximum atomic E-state index is 8.92. The molecule has 1 aromatic rings. The van der Waals surface area contributed by atoms with Gasteiger partial charge in [-0.15, -0.1) is 0 Å². The van der Waals surface area contributed by atoms with Crippen LogP contribution in [0.1, 0.15) is 56.2 Å². The summed E-state index contributed by atoms with van der Waals surface area (Å²) in [6.07, 6.45) is 6.74. The molecular weight excluding hydrogens is 236 g/mol. The number of nitriles is 1. The zero-order chi connectivity index (χ0) is 14.1. The predicted octanol–water partition coefficient (Wildman–Crippen LogP) is 4.07. The molecule has 0 unspecified atom stereocenters. The van der Waals surface area contributed by atoms with Crippen molar-refractivity contribution in [2.45, 2.75) is 52.4 Å². The molecule has 0 aliphatic rings. The van der Waals surface area contributed by atoms with E-state index in [1.54, 1.807) is 0 Å². The fraction of sp³-hybridized carbons (Fsp3) is 0.500. The first kappa shape index (κ1) is 15.2. The lowest BCUT2D eigenvalue weighted by molar-refractivity contribution is 0.320. The maximum absolute atomic E-state index is 8.92. The van der Waals surface area contributed by atoms with Gasteiger partial charge in [0.15, 0.2) is 5.71 Å². The molecule has 1 rings (SSSR count). The summed E-state index contributed by atoms with van der Waals surface area (Å²) >= 11 is 0. The minimum absolute atomic E-state index is 0.0831. The van der Waals surface area contributed by atoms with Crippen LogP contribution in [0.2, 0.25) is 0 Å². The van der Waals surface area contributed by atoms with Gasteiger partial charge in [-0.05, 0) is 42.9 Å². The van der Waals surface area contributed by atoms with Gasteiger partial charge in [0.25, 0.3) is 0 Å². The molecule has 0 aromatic heterocycles. The van der Waals surface area contributed by atoms with Gasteiger partial charge < -0.3 is 5.21 Å². The van der Waals surface area contributed by atoms with Crippen molar-refractivity contribution in [1.29, 1.82) is 5.26 Å². The molecule has 0 fully saturated rings. The van der Waals surface area contributed by atoms with Gasteiger partial charge in [0.1, 0.15) is 6.07 Å². The van der Waals surface area contributed by atoms with Crippen LogP contribution in [0.15, 0.2) is 23.4 Å². The molecule has 0 atom stereocenters. The Balaban J connectivity index is 3.04. The molecule has 0 saturated carbocycles. The second-order valence-corrected chi connectivity index (χ2v) is 4.75. The summed E-state index contributed by atoms with van der Waals surface area (Å²) < 4.78 is 0. The lowest BCUT2D eigenvalue weighted by Gasteiger charge is -2.10. The van der Waals surface area contributed by atoms with E-state index >= 15 is 0 Å². The molecule has 3 nitrogen and oxygen atoms in total. The minimum Gasteiger partial charge on any atom is -0.410 e. The number of nitrogens with zero attached hydrogens (tertiary/aromatic N) is 2. The van der Waals surface area contributed by atoms with Crippen LogP contribution in [0.5, 0.6) is 0 Å². The van der Waals surface area contributed by atoms with Crippen molar-refractivity contribution in [3.05, 3.63) is 34.9 Å². The largest absolute Gasteiger partial charge is 0.410 e. The fourth-order valence-corrected chi connectivity index (χ4v) is 2.13. The van der Waals surface area contributed by atoms with Crippen LogP contribution in [-0.4, -0.2) is 10.9 Å². The van der Waals surface area contributed by atoms with Gasteiger partial charge in [-0.3, -0.25) is 0 Å². The summed E-state index contributed by atoms with van der Waals surface area (Å²) in [4.78, 5) is 0. The summed E-state index contributed by atoms with van der Waals surface area (Å²) in [6, 6.07) is 7.85. The van der Waals surface area contributed by atoms with E-state index in [1.165, 1.54) is 24.0 Å². The Kier molecular flexibility index (Phi) is 6.67. The first-order chi connectivity index (χ1) is 9.26. The number of unbranched alkanes of at least 4 members (excludes halogenated alkanes) is 2. The number of hydrogen-bond donors (Lipinski definition) is 1. The second kappa shape index (κ2) is 8.31. The molecule has 1 aromatic carbocycles. The Morgan fingerprint density at radius 3 is 2.32 bits per heavy atom. The van der Waals surface area contributed by atoms with Gasteiger partial charge in [0.05, 0.1) is 0 Å². The van der Waals surface area contributed by atoms with Gasteiger partial charge in [0.2, 0.25) is 0 Å². The average molecular weight is 258 g/mol. The first-order valence-corrected chi connectivity index (χ1v) is 7.01. The van der Waals surface area contributed by atoms with Crippen LogP contribution in [0.25, 0.3) is 0 Å². The third-order valence-electron chi connectivity index (χ3n) is 3.28. The van der Waals surface area contributed by atoms with Crippen molar-refractivity contribution in [2.24, 2.45) is 5.16 Å². The molecule has 3 heteroatoms. The molecule has 102 valence electrons. The highest BCUT2D eigenvalue weighted by Crippen LogP contribution is 2.18. The van der Waals surface area contributed by atoms with Gasteiger partial charge in [-0.2, -0.15) is 5.26 Å². The minimum atomic E-state index is 0.0831. The van der Waals surface area contributed by atoms with E-state index in [1.807, 2.05) is 18.2 Å². The smallest absolute Gasteiger partial charge is 0.186 e. The Labute approximate surface area is 115 Å². The standard InChI is InChI=1S/C16H22N2O/c1-3-5-7-13-9-10-15(16(12-17)18-19)11-14(13)8-6-4-2/h9-11,19H,3-8H2,1-2H3. The molecule has 0 saturated heterocycles. The lowest BCUT2D eigenvalue weighted by atomic mass is 9.95. The van der Waals surface area contributed by atoms with E-state index < -0.39 is 0 Å². The molecule has 0 bridgehead atoms. The molecule has 0 spiro atoms. The SMILES string of the molecule is CCCCc1ccc(C(C#N)=NO)cc1CCCC. The topological polar surface area (TPSA) is 56.4 Å². The second-order valence-electron chi connectivity index (χ2n) is 4.75. The first-order valence-electron chi connectivity index (χ1n) is 7.01. The molecule has 0 amide bonds. The molecular formula is C16H22N2O. The Bertz CT molecular complexity index is 472. The van der Waals surface area contributed by atoms with Gasteiger partial charge >= 0.3 is 0 Å². The molecule has 1 N–H and O–H groups in total. The third kappa shape index (κ3) is 4.40. The summed E-state index contributed by atoms with van der Waals surface area (Å²) in [7, 11) is 0. The van der Waals surface area contributed by atoms with Crippen molar-refractivity contribution < 1.29 is 5.21 Å². The normalized spacial score (nSPS) is 11.3. The Hall–Kier alpha value is -1.82. The molecule has 19 heavy (non-hydrogen) atoms. The third-order valence-corrected chi connectivity index (χ3v) is 3.28. The van der Waals surface area contributed by atoms with Crippen LogP contribution < -0.4 is 0 Å². The van der Waals surface area contributed by atoms with Gasteiger partial charge in [-0.1, -0.05) is 44.0 Å². The molecule has 0 aliphatic carbocycles. The van der Waals surface area contributed by atoms with Crippen molar-refractivity contribution in [1.82, 2.24) is 0 Å². The molecule has 0 heterocycles. The number of benzene rings is 1. The monoisotopic (exact) mass is 258 g/mol. The summed E-state index contributed by atoms with van der Waals surface area (Å²) in [6.45, 7) is 4.36. The summed E-state index contributed by atoms with van der Waals surface area (Å²) in [5.41, 5.74) is 3.43. The zero-order valence-electron chi connectivity index (χ0n) is 11.8. The Morgan fingerprint density at radius 1 is 1.16 bits per heavy atom. The van der Waals surface area contributed by atoms with Crippen LogP contribution in [-0.2, 0) is 12.8 Å². The lowest BCUT2D eigenvalue weighted by Crippen LogP contribution is -2.02. The average Bonchev–Trinajstić information content (AvgIpc) is 2.45. The maximum Gasteiger partial charge on any atom is 0.186 e. The van der Waals surface area contributed by atoms with E-state index in [0.717, 1.165) is 25.7 Å². The highest BCUT2D eigenvalue weighted by Gasteiger charge is 2.08. The molecule has 0 radical (unpaired) electrons. The van der Waals surface area contributed by atoms with E-state index in [0.29, 0.717) is 5.56 Å². The highest BCUT2D eigenvalue weighted by molar-refractivity contribution is 6.11. The fourth-order valence-electron chi connectivity index (χ4n) is 2.13. The summed E-state index contributed by atoms with van der Waals surface area (Å²) in [5.74, 6) is 0. The van der Waals surface area contributed by atoms with Crippen molar-refractivity contribution >= 4 is 5.71 Å². The number of rotatable bonds is 7. The van der Waals surface area contributed by atoms with Crippen molar-refractivity contribution in [2.75, 3.05) is 0 Å². The van der Waals surface area contributed by atoms with Crippen molar-refractivity contribution in [3.8, 4) is 6.07 Å². The van der Waals surface area contributed by atoms with Crippen molar-refractivity contribution in [3.63, 3.8) is 0 Å². The highest BCUT2D eigenvalue weighted by atomic mass is 16.4. The molecule has 0 aliphatic heterocycles. The zero-order valence-corrected chi connectivity index (χ0v) is 11.8. The van der Waals surface area contributed by atoms with E-state index in [-0.39, 0.29) is 5.71 Å².